The molecule has 7 nitrogen and oxygen atoms in total. The van der Waals surface area contributed by atoms with E-state index in [9.17, 15) is 9.59 Å². The first-order chi connectivity index (χ1) is 14.9. The Balaban J connectivity index is 1.68. The van der Waals surface area contributed by atoms with E-state index < -0.39 is 6.04 Å². The molecule has 0 aliphatic carbocycles. The van der Waals surface area contributed by atoms with Gasteiger partial charge in [-0.1, -0.05) is 44.0 Å². The number of hydrogen-bond donors (Lipinski definition) is 2. The predicted octanol–water partition coefficient (Wildman–Crippen LogP) is 3.94. The van der Waals surface area contributed by atoms with E-state index in [0.717, 1.165) is 17.7 Å². The maximum atomic E-state index is 13.0. The standard InChI is InChI=1S/C23H26ClN5O2/c1-4-15(2)21(28-22(30)18-5-9-19(24)10-6-18)23(31)27-16(3)17-7-11-20(12-8-17)29-14-25-13-26-29/h5-16,21H,4H2,1-3H3,(H,27,31)(H,28,30). The Morgan fingerprint density at radius 1 is 1.03 bits per heavy atom. The molecule has 0 radical (unpaired) electrons. The van der Waals surface area contributed by atoms with Gasteiger partial charge in [-0.05, 0) is 54.8 Å². The topological polar surface area (TPSA) is 88.9 Å². The van der Waals surface area contributed by atoms with E-state index in [0.29, 0.717) is 10.6 Å². The summed E-state index contributed by atoms with van der Waals surface area (Å²) in [5.74, 6) is -0.551. The van der Waals surface area contributed by atoms with E-state index in [-0.39, 0.29) is 23.8 Å². The van der Waals surface area contributed by atoms with Gasteiger partial charge < -0.3 is 10.6 Å². The second kappa shape index (κ2) is 10.2. The van der Waals surface area contributed by atoms with Crippen molar-refractivity contribution in [3.05, 3.63) is 77.3 Å². The number of aromatic nitrogens is 3. The molecule has 3 atom stereocenters. The molecule has 2 amide bonds. The van der Waals surface area contributed by atoms with Crippen molar-refractivity contribution in [1.82, 2.24) is 25.4 Å². The Morgan fingerprint density at radius 3 is 2.29 bits per heavy atom. The van der Waals surface area contributed by atoms with Crippen molar-refractivity contribution in [2.45, 2.75) is 39.3 Å². The Morgan fingerprint density at radius 2 is 1.71 bits per heavy atom. The third-order valence-corrected chi connectivity index (χ3v) is 5.58. The zero-order chi connectivity index (χ0) is 22.4. The van der Waals surface area contributed by atoms with Crippen molar-refractivity contribution in [1.29, 1.82) is 0 Å². The van der Waals surface area contributed by atoms with Crippen LogP contribution in [-0.2, 0) is 4.79 Å². The van der Waals surface area contributed by atoms with Crippen LogP contribution in [0.1, 0.15) is 49.2 Å². The van der Waals surface area contributed by atoms with Gasteiger partial charge >= 0.3 is 0 Å². The van der Waals surface area contributed by atoms with Gasteiger partial charge in [0.05, 0.1) is 11.7 Å². The fraction of sp³-hybridized carbons (Fsp3) is 0.304. The molecule has 2 aromatic carbocycles. The lowest BCUT2D eigenvalue weighted by atomic mass is 9.97. The number of nitrogens with one attached hydrogen (secondary N) is 2. The smallest absolute Gasteiger partial charge is 0.251 e. The number of rotatable bonds is 8. The molecule has 0 bridgehead atoms. The molecule has 0 saturated carbocycles. The minimum absolute atomic E-state index is 0.0295. The van der Waals surface area contributed by atoms with E-state index in [1.807, 2.05) is 45.0 Å². The molecule has 3 unspecified atom stereocenters. The van der Waals surface area contributed by atoms with Gasteiger partial charge in [0.25, 0.3) is 5.91 Å². The van der Waals surface area contributed by atoms with E-state index in [1.54, 1.807) is 35.3 Å². The molecule has 0 aliphatic heterocycles. The molecule has 0 spiro atoms. The minimum atomic E-state index is -0.648. The maximum absolute atomic E-state index is 13.0. The highest BCUT2D eigenvalue weighted by molar-refractivity contribution is 6.30. The first-order valence-electron chi connectivity index (χ1n) is 10.2. The van der Waals surface area contributed by atoms with E-state index in [1.165, 1.54) is 6.33 Å². The van der Waals surface area contributed by atoms with Crippen molar-refractivity contribution in [3.8, 4) is 5.69 Å². The van der Waals surface area contributed by atoms with Crippen molar-refractivity contribution in [3.63, 3.8) is 0 Å². The van der Waals surface area contributed by atoms with E-state index in [4.69, 9.17) is 11.6 Å². The quantitative estimate of drug-likeness (QED) is 0.556. The van der Waals surface area contributed by atoms with Gasteiger partial charge in [-0.15, -0.1) is 0 Å². The summed E-state index contributed by atoms with van der Waals surface area (Å²) in [5.41, 5.74) is 2.29. The molecule has 0 fully saturated rings. The highest BCUT2D eigenvalue weighted by atomic mass is 35.5. The summed E-state index contributed by atoms with van der Waals surface area (Å²) in [4.78, 5) is 29.6. The molecule has 162 valence electrons. The monoisotopic (exact) mass is 439 g/mol. The summed E-state index contributed by atoms with van der Waals surface area (Å²) >= 11 is 5.90. The molecule has 2 N–H and O–H groups in total. The maximum Gasteiger partial charge on any atom is 0.251 e. The average Bonchev–Trinajstić information content (AvgIpc) is 3.32. The first kappa shape index (κ1) is 22.5. The highest BCUT2D eigenvalue weighted by Gasteiger charge is 2.27. The SMILES string of the molecule is CCC(C)C(NC(=O)c1ccc(Cl)cc1)C(=O)NC(C)c1ccc(-n2cncn2)cc1. The first-order valence-corrected chi connectivity index (χ1v) is 10.6. The summed E-state index contributed by atoms with van der Waals surface area (Å²) in [6.07, 6.45) is 3.85. The Labute approximate surface area is 186 Å². The van der Waals surface area contributed by atoms with Crippen LogP contribution in [0.5, 0.6) is 0 Å². The van der Waals surface area contributed by atoms with Crippen LogP contribution in [0.4, 0.5) is 0 Å². The van der Waals surface area contributed by atoms with Crippen LogP contribution >= 0.6 is 11.6 Å². The van der Waals surface area contributed by atoms with Crippen LogP contribution in [-0.4, -0.2) is 32.6 Å². The third-order valence-electron chi connectivity index (χ3n) is 5.32. The molecular weight excluding hydrogens is 414 g/mol. The van der Waals surface area contributed by atoms with Crippen LogP contribution < -0.4 is 10.6 Å². The van der Waals surface area contributed by atoms with Crippen LogP contribution in [0.3, 0.4) is 0 Å². The largest absolute Gasteiger partial charge is 0.348 e. The van der Waals surface area contributed by atoms with Gasteiger partial charge in [-0.3, -0.25) is 9.59 Å². The zero-order valence-corrected chi connectivity index (χ0v) is 18.5. The van der Waals surface area contributed by atoms with Gasteiger partial charge in [0.2, 0.25) is 5.91 Å². The predicted molar refractivity (Wildman–Crippen MR) is 120 cm³/mol. The molecule has 3 aromatic rings. The molecule has 1 aromatic heterocycles. The van der Waals surface area contributed by atoms with E-state index in [2.05, 4.69) is 20.7 Å². The number of carbonyl (C=O) groups is 2. The molecular formula is C23H26ClN5O2. The van der Waals surface area contributed by atoms with Crippen LogP contribution in [0.15, 0.2) is 61.2 Å². The second-order valence-electron chi connectivity index (χ2n) is 7.51. The molecule has 0 aliphatic rings. The Hall–Kier alpha value is -3.19. The Kier molecular flexibility index (Phi) is 7.41. The van der Waals surface area contributed by atoms with Gasteiger partial charge in [0.1, 0.15) is 18.7 Å². The van der Waals surface area contributed by atoms with Gasteiger partial charge in [-0.25, -0.2) is 9.67 Å². The second-order valence-corrected chi connectivity index (χ2v) is 7.94. The third kappa shape index (κ3) is 5.70. The van der Waals surface area contributed by atoms with Crippen molar-refractivity contribution >= 4 is 23.4 Å². The minimum Gasteiger partial charge on any atom is -0.348 e. The highest BCUT2D eigenvalue weighted by Crippen LogP contribution is 2.17. The molecule has 3 rings (SSSR count). The van der Waals surface area contributed by atoms with Crippen molar-refractivity contribution in [2.75, 3.05) is 0 Å². The zero-order valence-electron chi connectivity index (χ0n) is 17.7. The number of carbonyl (C=O) groups excluding carboxylic acids is 2. The summed E-state index contributed by atoms with van der Waals surface area (Å²) < 4.78 is 1.66. The number of hydrogen-bond acceptors (Lipinski definition) is 4. The van der Waals surface area contributed by atoms with Crippen molar-refractivity contribution < 1.29 is 9.59 Å². The summed E-state index contributed by atoms with van der Waals surface area (Å²) in [6, 6.07) is 13.4. The van der Waals surface area contributed by atoms with Crippen molar-refractivity contribution in [2.24, 2.45) is 5.92 Å². The van der Waals surface area contributed by atoms with Crippen LogP contribution in [0.2, 0.25) is 5.02 Å². The molecule has 0 saturated heterocycles. The number of halogens is 1. The number of nitrogens with zero attached hydrogens (tertiary/aromatic N) is 3. The van der Waals surface area contributed by atoms with Gasteiger partial charge in [0.15, 0.2) is 0 Å². The van der Waals surface area contributed by atoms with Gasteiger partial charge in [0, 0.05) is 10.6 Å². The fourth-order valence-electron chi connectivity index (χ4n) is 3.17. The van der Waals surface area contributed by atoms with E-state index >= 15 is 0 Å². The average molecular weight is 440 g/mol. The Bertz CT molecular complexity index is 1000. The lowest BCUT2D eigenvalue weighted by Gasteiger charge is -2.26. The molecule has 8 heteroatoms. The summed E-state index contributed by atoms with van der Waals surface area (Å²) in [6.45, 7) is 5.85. The normalized spacial score (nSPS) is 13.8. The lowest BCUT2D eigenvalue weighted by molar-refractivity contribution is -0.124. The number of benzene rings is 2. The summed E-state index contributed by atoms with van der Waals surface area (Å²) in [5, 5.41) is 10.6. The van der Waals surface area contributed by atoms with Crippen LogP contribution in [0, 0.1) is 5.92 Å². The molecule has 1 heterocycles. The summed E-state index contributed by atoms with van der Waals surface area (Å²) in [7, 11) is 0. The van der Waals surface area contributed by atoms with Crippen LogP contribution in [0.25, 0.3) is 5.69 Å². The van der Waals surface area contributed by atoms with Gasteiger partial charge in [-0.2, -0.15) is 5.10 Å². The molecule has 31 heavy (non-hydrogen) atoms. The number of amides is 2. The lowest BCUT2D eigenvalue weighted by Crippen LogP contribution is -2.50. The fourth-order valence-corrected chi connectivity index (χ4v) is 3.30.